The van der Waals surface area contributed by atoms with E-state index in [-0.39, 0.29) is 17.4 Å². The fourth-order valence-electron chi connectivity index (χ4n) is 4.96. The number of amides is 2. The lowest BCUT2D eigenvalue weighted by atomic mass is 9.72. The molecule has 1 saturated carbocycles. The Morgan fingerprint density at radius 2 is 1.83 bits per heavy atom. The number of carbonyl (C=O) groups is 2. The van der Waals surface area contributed by atoms with Gasteiger partial charge >= 0.3 is 0 Å². The fraction of sp³-hybridized carbons (Fsp3) is 0.481. The topological polar surface area (TPSA) is 104 Å². The Kier molecular flexibility index (Phi) is 6.47. The quantitative estimate of drug-likeness (QED) is 0.537. The molecule has 2 amide bonds. The van der Waals surface area contributed by atoms with E-state index in [1.54, 1.807) is 19.2 Å². The van der Waals surface area contributed by atoms with Gasteiger partial charge in [0.25, 0.3) is 5.91 Å². The summed E-state index contributed by atoms with van der Waals surface area (Å²) in [5.41, 5.74) is 3.83. The molecule has 7 nitrogen and oxygen atoms in total. The number of rotatable bonds is 7. The van der Waals surface area contributed by atoms with E-state index in [1.807, 2.05) is 26.0 Å². The molecular formula is C27H35N3O4S. The van der Waals surface area contributed by atoms with E-state index >= 15 is 0 Å². The van der Waals surface area contributed by atoms with E-state index in [0.717, 1.165) is 28.8 Å². The maximum Gasteiger partial charge on any atom is 0.264 e. The van der Waals surface area contributed by atoms with E-state index in [2.05, 4.69) is 47.4 Å². The molecule has 1 aliphatic carbocycles. The molecule has 188 valence electrons. The van der Waals surface area contributed by atoms with Gasteiger partial charge in [-0.1, -0.05) is 52.0 Å². The second-order valence-corrected chi connectivity index (χ2v) is 13.1. The molecular weight excluding hydrogens is 462 g/mol. The van der Waals surface area contributed by atoms with Gasteiger partial charge in [0.2, 0.25) is 15.9 Å². The molecule has 4 rings (SSSR count). The number of hydrogen-bond donors (Lipinski definition) is 3. The van der Waals surface area contributed by atoms with Gasteiger partial charge in [0.05, 0.1) is 11.3 Å². The largest absolute Gasteiger partial charge is 0.377 e. The molecule has 1 aliphatic heterocycles. The Bertz CT molecular complexity index is 1260. The first-order valence-corrected chi connectivity index (χ1v) is 13.6. The SMILES string of the molecule is CNC(=O)C(C)(C)Cc1cccc(C2Nc3ccc(C(=O)NS(=O)(=O)C4CC4)cc3CC2(C)C)c1. The molecule has 2 aromatic rings. The van der Waals surface area contributed by atoms with Crippen molar-refractivity contribution in [2.75, 3.05) is 12.4 Å². The molecule has 2 aliphatic rings. The number of fused-ring (bicyclic) bond motifs is 1. The van der Waals surface area contributed by atoms with E-state index in [1.165, 1.54) is 0 Å². The van der Waals surface area contributed by atoms with Crippen LogP contribution in [0.1, 0.15) is 73.6 Å². The molecule has 0 saturated heterocycles. The summed E-state index contributed by atoms with van der Waals surface area (Å²) in [4.78, 5) is 24.9. The van der Waals surface area contributed by atoms with Gasteiger partial charge in [0, 0.05) is 23.7 Å². The van der Waals surface area contributed by atoms with Crippen LogP contribution < -0.4 is 15.4 Å². The van der Waals surface area contributed by atoms with Gasteiger partial charge in [-0.05, 0) is 66.0 Å². The summed E-state index contributed by atoms with van der Waals surface area (Å²) in [5.74, 6) is -0.566. The molecule has 8 heteroatoms. The zero-order chi connectivity index (χ0) is 25.6. The average molecular weight is 498 g/mol. The zero-order valence-electron chi connectivity index (χ0n) is 21.1. The van der Waals surface area contributed by atoms with Gasteiger partial charge in [0.1, 0.15) is 0 Å². The normalized spacial score (nSPS) is 19.3. The van der Waals surface area contributed by atoms with Gasteiger partial charge < -0.3 is 10.6 Å². The summed E-state index contributed by atoms with van der Waals surface area (Å²) in [6.45, 7) is 8.25. The van der Waals surface area contributed by atoms with E-state index in [4.69, 9.17) is 0 Å². The minimum atomic E-state index is -3.59. The number of anilines is 1. The average Bonchev–Trinajstić information content (AvgIpc) is 3.63. The molecule has 1 fully saturated rings. The summed E-state index contributed by atoms with van der Waals surface area (Å²) < 4.78 is 26.6. The van der Waals surface area contributed by atoms with Crippen molar-refractivity contribution in [3.63, 3.8) is 0 Å². The van der Waals surface area contributed by atoms with Crippen molar-refractivity contribution in [3.8, 4) is 0 Å². The second kappa shape index (κ2) is 8.97. The third kappa shape index (κ3) is 5.37. The van der Waals surface area contributed by atoms with Crippen LogP contribution in [0, 0.1) is 10.8 Å². The maximum atomic E-state index is 12.6. The van der Waals surface area contributed by atoms with E-state index < -0.39 is 26.6 Å². The summed E-state index contributed by atoms with van der Waals surface area (Å²) in [7, 11) is -1.93. The lowest BCUT2D eigenvalue weighted by Crippen LogP contribution is -2.37. The Hall–Kier alpha value is -2.87. The molecule has 0 radical (unpaired) electrons. The van der Waals surface area contributed by atoms with Gasteiger partial charge in [-0.25, -0.2) is 13.1 Å². The van der Waals surface area contributed by atoms with Crippen LogP contribution in [-0.2, 0) is 27.7 Å². The first kappa shape index (κ1) is 25.2. The van der Waals surface area contributed by atoms with Crippen LogP contribution in [0.3, 0.4) is 0 Å². The van der Waals surface area contributed by atoms with Gasteiger partial charge in [-0.3, -0.25) is 9.59 Å². The van der Waals surface area contributed by atoms with Gasteiger partial charge in [-0.15, -0.1) is 0 Å². The highest BCUT2D eigenvalue weighted by molar-refractivity contribution is 7.91. The number of benzene rings is 2. The van der Waals surface area contributed by atoms with Crippen molar-refractivity contribution in [1.29, 1.82) is 0 Å². The molecule has 35 heavy (non-hydrogen) atoms. The molecule has 2 aromatic carbocycles. The third-order valence-electron chi connectivity index (χ3n) is 7.07. The van der Waals surface area contributed by atoms with E-state index in [0.29, 0.717) is 24.8 Å². The highest BCUT2D eigenvalue weighted by Crippen LogP contribution is 2.45. The molecule has 0 bridgehead atoms. The van der Waals surface area contributed by atoms with Crippen LogP contribution in [0.2, 0.25) is 0 Å². The number of carbonyl (C=O) groups excluding carboxylic acids is 2. The van der Waals surface area contributed by atoms with Gasteiger partial charge in [-0.2, -0.15) is 0 Å². The van der Waals surface area contributed by atoms with Crippen molar-refractivity contribution in [2.45, 2.75) is 64.7 Å². The minimum absolute atomic E-state index is 0.0118. The first-order valence-electron chi connectivity index (χ1n) is 12.1. The van der Waals surface area contributed by atoms with Crippen LogP contribution in [0.25, 0.3) is 0 Å². The monoisotopic (exact) mass is 497 g/mol. The Morgan fingerprint density at radius 1 is 1.11 bits per heavy atom. The smallest absolute Gasteiger partial charge is 0.264 e. The summed E-state index contributed by atoms with van der Waals surface area (Å²) in [6, 6.07) is 13.7. The lowest BCUT2D eigenvalue weighted by molar-refractivity contribution is -0.128. The number of sulfonamides is 1. The maximum absolute atomic E-state index is 12.6. The van der Waals surface area contributed by atoms with Crippen molar-refractivity contribution in [2.24, 2.45) is 10.8 Å². The summed E-state index contributed by atoms with van der Waals surface area (Å²) in [6.07, 6.45) is 2.57. The summed E-state index contributed by atoms with van der Waals surface area (Å²) >= 11 is 0. The van der Waals surface area contributed by atoms with Crippen LogP contribution in [0.15, 0.2) is 42.5 Å². The second-order valence-electron chi connectivity index (χ2n) is 11.2. The Morgan fingerprint density at radius 3 is 2.49 bits per heavy atom. The summed E-state index contributed by atoms with van der Waals surface area (Å²) in [5, 5.41) is 5.95. The minimum Gasteiger partial charge on any atom is -0.377 e. The number of nitrogens with one attached hydrogen (secondary N) is 3. The van der Waals surface area contributed by atoms with Crippen LogP contribution in [0.4, 0.5) is 5.69 Å². The predicted octanol–water partition coefficient (Wildman–Crippen LogP) is 3.96. The van der Waals surface area contributed by atoms with Crippen molar-refractivity contribution in [3.05, 3.63) is 64.7 Å². The standard InChI is InChI=1S/C27H35N3O4S/c1-26(2)16-20-14-19(24(31)30-35(33,34)21-10-11-21)9-12-22(20)29-23(26)18-8-6-7-17(13-18)15-27(3,4)25(32)28-5/h6-9,12-14,21,23,29H,10-11,15-16H2,1-5H3,(H,28,32)(H,30,31). The van der Waals surface area contributed by atoms with Crippen LogP contribution in [0.5, 0.6) is 0 Å². The van der Waals surface area contributed by atoms with E-state index in [9.17, 15) is 18.0 Å². The zero-order valence-corrected chi connectivity index (χ0v) is 21.9. The van der Waals surface area contributed by atoms with Crippen molar-refractivity contribution < 1.29 is 18.0 Å². The first-order chi connectivity index (χ1) is 16.3. The molecule has 0 aromatic heterocycles. The van der Waals surface area contributed by atoms with Gasteiger partial charge in [0.15, 0.2) is 0 Å². The highest BCUT2D eigenvalue weighted by atomic mass is 32.2. The molecule has 1 heterocycles. The molecule has 1 atom stereocenters. The fourth-order valence-corrected chi connectivity index (χ4v) is 6.26. The predicted molar refractivity (Wildman–Crippen MR) is 138 cm³/mol. The van der Waals surface area contributed by atoms with Crippen molar-refractivity contribution in [1.82, 2.24) is 10.0 Å². The lowest BCUT2D eigenvalue weighted by Gasteiger charge is -2.41. The number of hydrogen-bond acceptors (Lipinski definition) is 5. The molecule has 3 N–H and O–H groups in total. The van der Waals surface area contributed by atoms with Crippen LogP contribution in [-0.4, -0.2) is 32.5 Å². The highest BCUT2D eigenvalue weighted by Gasteiger charge is 2.38. The molecule has 1 unspecified atom stereocenters. The molecule has 0 spiro atoms. The Balaban J connectivity index is 1.56. The van der Waals surface area contributed by atoms with Crippen LogP contribution >= 0.6 is 0 Å². The third-order valence-corrected chi connectivity index (χ3v) is 8.88. The Labute approximate surface area is 208 Å². The van der Waals surface area contributed by atoms with Crippen molar-refractivity contribution >= 4 is 27.5 Å².